The standard InChI is InChI=1S/C17H20N2O4S/c1-2-16-19-15(11-23-16)17(20)18-12-6-5-9-14(10-12)24(21,22)13-7-3-4-8-13/h5-6,9-11,13H,2-4,7-8H2,1H3,(H,18,20). The van der Waals surface area contributed by atoms with Crippen LogP contribution in [-0.4, -0.2) is 24.6 Å². The van der Waals surface area contributed by atoms with E-state index in [9.17, 15) is 13.2 Å². The molecular weight excluding hydrogens is 328 g/mol. The summed E-state index contributed by atoms with van der Waals surface area (Å²) in [5, 5.41) is 2.36. The van der Waals surface area contributed by atoms with Crippen molar-refractivity contribution in [3.05, 3.63) is 42.1 Å². The Morgan fingerprint density at radius 1 is 1.33 bits per heavy atom. The number of hydrogen-bond acceptors (Lipinski definition) is 5. The summed E-state index contributed by atoms with van der Waals surface area (Å²) in [5.74, 6) is 0.0616. The number of oxazole rings is 1. The van der Waals surface area contributed by atoms with Crippen molar-refractivity contribution in [1.82, 2.24) is 4.98 Å². The molecule has 3 rings (SSSR count). The number of benzene rings is 1. The van der Waals surface area contributed by atoms with E-state index >= 15 is 0 Å². The fourth-order valence-electron chi connectivity index (χ4n) is 2.91. The molecule has 24 heavy (non-hydrogen) atoms. The Balaban J connectivity index is 1.79. The molecule has 0 spiro atoms. The van der Waals surface area contributed by atoms with Gasteiger partial charge in [-0.1, -0.05) is 25.8 Å². The van der Waals surface area contributed by atoms with Crippen LogP contribution in [0.25, 0.3) is 0 Å². The largest absolute Gasteiger partial charge is 0.448 e. The van der Waals surface area contributed by atoms with Gasteiger partial charge < -0.3 is 9.73 Å². The van der Waals surface area contributed by atoms with Crippen molar-refractivity contribution in [3.8, 4) is 0 Å². The van der Waals surface area contributed by atoms with Gasteiger partial charge in [0.05, 0.1) is 10.1 Å². The Morgan fingerprint density at radius 2 is 2.08 bits per heavy atom. The Kier molecular flexibility index (Phi) is 4.71. The highest BCUT2D eigenvalue weighted by molar-refractivity contribution is 7.92. The van der Waals surface area contributed by atoms with Gasteiger partial charge in [0, 0.05) is 12.1 Å². The van der Waals surface area contributed by atoms with Crippen molar-refractivity contribution in [3.63, 3.8) is 0 Å². The van der Waals surface area contributed by atoms with Crippen molar-refractivity contribution < 1.29 is 17.6 Å². The Bertz CT molecular complexity index is 836. The number of aryl methyl sites for hydroxylation is 1. The summed E-state index contributed by atoms with van der Waals surface area (Å²) in [6.07, 6.45) is 5.21. The Labute approximate surface area is 141 Å². The summed E-state index contributed by atoms with van der Waals surface area (Å²) >= 11 is 0. The fraction of sp³-hybridized carbons (Fsp3) is 0.412. The van der Waals surface area contributed by atoms with E-state index in [1.165, 1.54) is 12.3 Å². The van der Waals surface area contributed by atoms with Crippen LogP contribution in [0, 0.1) is 0 Å². The highest BCUT2D eigenvalue weighted by atomic mass is 32.2. The van der Waals surface area contributed by atoms with Gasteiger partial charge in [-0.2, -0.15) is 0 Å². The number of carbonyl (C=O) groups is 1. The molecular formula is C17H20N2O4S. The molecule has 1 heterocycles. The monoisotopic (exact) mass is 348 g/mol. The van der Waals surface area contributed by atoms with Crippen LogP contribution in [0.3, 0.4) is 0 Å². The number of nitrogens with one attached hydrogen (secondary N) is 1. The van der Waals surface area contributed by atoms with Gasteiger partial charge in [-0.05, 0) is 31.0 Å². The summed E-state index contributed by atoms with van der Waals surface area (Å²) < 4.78 is 30.4. The van der Waals surface area contributed by atoms with E-state index in [0.717, 1.165) is 12.8 Å². The smallest absolute Gasteiger partial charge is 0.277 e. The molecule has 6 nitrogen and oxygen atoms in total. The molecule has 1 aromatic carbocycles. The summed E-state index contributed by atoms with van der Waals surface area (Å²) in [5.41, 5.74) is 0.607. The lowest BCUT2D eigenvalue weighted by Crippen LogP contribution is -2.18. The minimum absolute atomic E-state index is 0.177. The number of amides is 1. The van der Waals surface area contributed by atoms with Crippen LogP contribution in [0.15, 0.2) is 39.8 Å². The average molecular weight is 348 g/mol. The summed E-state index contributed by atoms with van der Waals surface area (Å²) in [4.78, 5) is 16.5. The molecule has 128 valence electrons. The number of hydrogen-bond donors (Lipinski definition) is 1. The summed E-state index contributed by atoms with van der Waals surface area (Å²) in [7, 11) is -3.35. The first-order chi connectivity index (χ1) is 11.5. The second kappa shape index (κ2) is 6.76. The van der Waals surface area contributed by atoms with Crippen LogP contribution in [0.5, 0.6) is 0 Å². The molecule has 0 saturated heterocycles. The maximum Gasteiger partial charge on any atom is 0.277 e. The lowest BCUT2D eigenvalue weighted by molar-refractivity contribution is 0.102. The lowest BCUT2D eigenvalue weighted by atomic mass is 10.3. The van der Waals surface area contributed by atoms with Gasteiger partial charge in [0.2, 0.25) is 0 Å². The molecule has 1 saturated carbocycles. The zero-order valence-electron chi connectivity index (χ0n) is 13.5. The number of nitrogens with zero attached hydrogens (tertiary/aromatic N) is 1. The molecule has 7 heteroatoms. The molecule has 2 aromatic rings. The highest BCUT2D eigenvalue weighted by Gasteiger charge is 2.30. The van der Waals surface area contributed by atoms with E-state index in [1.54, 1.807) is 18.2 Å². The van der Waals surface area contributed by atoms with E-state index < -0.39 is 15.7 Å². The molecule has 1 N–H and O–H groups in total. The van der Waals surface area contributed by atoms with Gasteiger partial charge in [0.1, 0.15) is 6.26 Å². The van der Waals surface area contributed by atoms with E-state index in [0.29, 0.717) is 30.8 Å². The second-order valence-corrected chi connectivity index (χ2v) is 8.14. The molecule has 1 aromatic heterocycles. The van der Waals surface area contributed by atoms with Gasteiger partial charge in [0.25, 0.3) is 5.91 Å². The first kappa shape index (κ1) is 16.7. The van der Waals surface area contributed by atoms with Crippen LogP contribution in [-0.2, 0) is 16.3 Å². The molecule has 0 aliphatic heterocycles. The minimum atomic E-state index is -3.35. The van der Waals surface area contributed by atoms with E-state index in [-0.39, 0.29) is 15.8 Å². The predicted octanol–water partition coefficient (Wildman–Crippen LogP) is 3.21. The Hall–Kier alpha value is -2.15. The molecule has 0 radical (unpaired) electrons. The van der Waals surface area contributed by atoms with Gasteiger partial charge >= 0.3 is 0 Å². The zero-order chi connectivity index (χ0) is 17.2. The first-order valence-electron chi connectivity index (χ1n) is 8.10. The molecule has 0 bridgehead atoms. The van der Waals surface area contributed by atoms with Crippen LogP contribution < -0.4 is 5.32 Å². The number of anilines is 1. The van der Waals surface area contributed by atoms with Crippen molar-refractivity contribution in [2.24, 2.45) is 0 Å². The molecule has 0 unspecified atom stereocenters. The van der Waals surface area contributed by atoms with Crippen LogP contribution in [0.4, 0.5) is 5.69 Å². The number of sulfone groups is 1. The number of carbonyl (C=O) groups excluding carboxylic acids is 1. The van der Waals surface area contributed by atoms with E-state index in [1.807, 2.05) is 6.92 Å². The van der Waals surface area contributed by atoms with Gasteiger partial charge in [-0.25, -0.2) is 13.4 Å². The van der Waals surface area contributed by atoms with Crippen molar-refractivity contribution >= 4 is 21.4 Å². The van der Waals surface area contributed by atoms with E-state index in [2.05, 4.69) is 10.3 Å². The van der Waals surface area contributed by atoms with Crippen molar-refractivity contribution in [1.29, 1.82) is 0 Å². The third kappa shape index (κ3) is 3.36. The number of aromatic nitrogens is 1. The second-order valence-electron chi connectivity index (χ2n) is 5.91. The fourth-order valence-corrected chi connectivity index (χ4v) is 4.81. The van der Waals surface area contributed by atoms with E-state index in [4.69, 9.17) is 4.42 Å². The van der Waals surface area contributed by atoms with Crippen LogP contribution >= 0.6 is 0 Å². The highest BCUT2D eigenvalue weighted by Crippen LogP contribution is 2.30. The third-order valence-electron chi connectivity index (χ3n) is 4.25. The third-order valence-corrected chi connectivity index (χ3v) is 6.51. The maximum absolute atomic E-state index is 12.6. The lowest BCUT2D eigenvalue weighted by Gasteiger charge is -2.12. The average Bonchev–Trinajstić information content (AvgIpc) is 3.27. The normalized spacial score (nSPS) is 15.5. The molecule has 1 aliphatic carbocycles. The first-order valence-corrected chi connectivity index (χ1v) is 9.65. The maximum atomic E-state index is 12.6. The molecule has 1 aliphatic rings. The summed E-state index contributed by atoms with van der Waals surface area (Å²) in [6.45, 7) is 1.88. The SMILES string of the molecule is CCc1nc(C(=O)Nc2cccc(S(=O)(=O)C3CCCC3)c2)co1. The minimum Gasteiger partial charge on any atom is -0.448 e. The van der Waals surface area contributed by atoms with Gasteiger partial charge in [0.15, 0.2) is 21.4 Å². The topological polar surface area (TPSA) is 89.3 Å². The molecule has 0 atom stereocenters. The van der Waals surface area contributed by atoms with Crippen molar-refractivity contribution in [2.45, 2.75) is 49.2 Å². The van der Waals surface area contributed by atoms with Crippen LogP contribution in [0.2, 0.25) is 0 Å². The Morgan fingerprint density at radius 3 is 2.75 bits per heavy atom. The summed E-state index contributed by atoms with van der Waals surface area (Å²) in [6, 6.07) is 6.38. The van der Waals surface area contributed by atoms with Crippen LogP contribution in [0.1, 0.15) is 49.0 Å². The van der Waals surface area contributed by atoms with Gasteiger partial charge in [-0.3, -0.25) is 4.79 Å². The number of rotatable bonds is 5. The zero-order valence-corrected chi connectivity index (χ0v) is 14.3. The molecule has 1 fully saturated rings. The predicted molar refractivity (Wildman–Crippen MR) is 89.7 cm³/mol. The van der Waals surface area contributed by atoms with Crippen molar-refractivity contribution in [2.75, 3.05) is 5.32 Å². The molecule has 1 amide bonds. The van der Waals surface area contributed by atoms with Gasteiger partial charge in [-0.15, -0.1) is 0 Å². The quantitative estimate of drug-likeness (QED) is 0.896.